The minimum absolute atomic E-state index is 0.143. The van der Waals surface area contributed by atoms with Gasteiger partial charge in [0.2, 0.25) is 0 Å². The van der Waals surface area contributed by atoms with Crippen molar-refractivity contribution < 1.29 is 18.3 Å². The van der Waals surface area contributed by atoms with Gasteiger partial charge in [-0.05, 0) is 25.5 Å². The number of sulfone groups is 1. The first kappa shape index (κ1) is 13.8. The first-order valence-electron chi connectivity index (χ1n) is 5.87. The van der Waals surface area contributed by atoms with Crippen molar-refractivity contribution in [3.8, 4) is 0 Å². The van der Waals surface area contributed by atoms with E-state index in [1.54, 1.807) is 17.9 Å². The Hall–Kier alpha value is -1.63. The number of hydrogen-bond donors (Lipinski definition) is 1. The molecule has 104 valence electrons. The summed E-state index contributed by atoms with van der Waals surface area (Å²) in [6.07, 6.45) is 3.11. The summed E-state index contributed by atoms with van der Waals surface area (Å²) in [7, 11) is -3.38. The minimum Gasteiger partial charge on any atom is -0.481 e. The molecular weight excluding hydrogens is 268 g/mol. The second-order valence-corrected chi connectivity index (χ2v) is 7.12. The second-order valence-electron chi connectivity index (χ2n) is 5.13. The van der Waals surface area contributed by atoms with Crippen LogP contribution in [-0.4, -0.2) is 43.8 Å². The number of carbonyl (C=O) groups is 1. The second kappa shape index (κ2) is 4.48. The molecule has 1 aliphatic heterocycles. The molecule has 1 aliphatic rings. The number of nitrogens with zero attached hydrogens (tertiary/aromatic N) is 2. The average Bonchev–Trinajstić information content (AvgIpc) is 2.72. The fourth-order valence-corrected chi connectivity index (χ4v) is 3.06. The van der Waals surface area contributed by atoms with Crippen LogP contribution in [0.5, 0.6) is 0 Å². The van der Waals surface area contributed by atoms with Crippen LogP contribution in [0.1, 0.15) is 13.3 Å². The third kappa shape index (κ3) is 2.56. The van der Waals surface area contributed by atoms with E-state index in [1.165, 1.54) is 12.3 Å². The maximum absolute atomic E-state index is 11.7. The van der Waals surface area contributed by atoms with Crippen LogP contribution in [0.25, 0.3) is 0 Å². The highest BCUT2D eigenvalue weighted by Crippen LogP contribution is 2.34. The van der Waals surface area contributed by atoms with Crippen LogP contribution in [0.2, 0.25) is 0 Å². The highest BCUT2D eigenvalue weighted by Gasteiger charge is 2.41. The molecule has 0 amide bonds. The number of rotatable bonds is 3. The van der Waals surface area contributed by atoms with Crippen molar-refractivity contribution in [1.82, 2.24) is 4.98 Å². The first-order valence-corrected chi connectivity index (χ1v) is 7.77. The van der Waals surface area contributed by atoms with Crippen molar-refractivity contribution in [2.45, 2.75) is 18.2 Å². The Balaban J connectivity index is 2.38. The largest absolute Gasteiger partial charge is 0.481 e. The molecule has 1 N–H and O–H groups in total. The number of carboxylic acids is 1. The normalized spacial score (nSPS) is 23.6. The molecule has 7 heteroatoms. The van der Waals surface area contributed by atoms with E-state index in [4.69, 9.17) is 0 Å². The monoisotopic (exact) mass is 284 g/mol. The zero-order valence-electron chi connectivity index (χ0n) is 10.8. The molecule has 1 fully saturated rings. The van der Waals surface area contributed by atoms with Crippen LogP contribution in [-0.2, 0) is 14.6 Å². The molecule has 0 bridgehead atoms. The Morgan fingerprint density at radius 2 is 2.21 bits per heavy atom. The molecule has 2 rings (SSSR count). The van der Waals surface area contributed by atoms with Gasteiger partial charge in [0.05, 0.1) is 5.41 Å². The van der Waals surface area contributed by atoms with Gasteiger partial charge in [-0.3, -0.25) is 4.79 Å². The summed E-state index contributed by atoms with van der Waals surface area (Å²) in [5, 5.41) is 9.20. The predicted octanol–water partition coefficient (Wildman–Crippen LogP) is 0.786. The van der Waals surface area contributed by atoms with Crippen molar-refractivity contribution in [2.24, 2.45) is 5.41 Å². The van der Waals surface area contributed by atoms with E-state index < -0.39 is 21.2 Å². The standard InChI is InChI=1S/C12H16N2O4S/c1-12(11(15)16)5-7-14(8-12)10-9(19(2,17)18)4-3-6-13-10/h3-4,6H,5,7-8H2,1-2H3,(H,15,16). The highest BCUT2D eigenvalue weighted by molar-refractivity contribution is 7.90. The van der Waals surface area contributed by atoms with Gasteiger partial charge in [-0.1, -0.05) is 0 Å². The van der Waals surface area contributed by atoms with Crippen molar-refractivity contribution >= 4 is 21.6 Å². The fraction of sp³-hybridized carbons (Fsp3) is 0.500. The molecular formula is C12H16N2O4S. The third-order valence-corrected chi connectivity index (χ3v) is 4.56. The lowest BCUT2D eigenvalue weighted by Gasteiger charge is -2.22. The molecule has 6 nitrogen and oxygen atoms in total. The Kier molecular flexibility index (Phi) is 3.25. The molecule has 0 aliphatic carbocycles. The van der Waals surface area contributed by atoms with E-state index in [0.717, 1.165) is 6.26 Å². The van der Waals surface area contributed by atoms with Gasteiger partial charge in [0.15, 0.2) is 9.84 Å². The SMILES string of the molecule is CC1(C(=O)O)CCN(c2ncccc2S(C)(=O)=O)C1. The van der Waals surface area contributed by atoms with E-state index in [2.05, 4.69) is 4.98 Å². The molecule has 1 atom stereocenters. The Bertz CT molecular complexity index is 614. The minimum atomic E-state index is -3.38. The number of aliphatic carboxylic acids is 1. The fourth-order valence-electron chi connectivity index (χ4n) is 2.23. The summed E-state index contributed by atoms with van der Waals surface area (Å²) in [4.78, 5) is 17.2. The molecule has 1 aromatic heterocycles. The molecule has 1 unspecified atom stereocenters. The lowest BCUT2D eigenvalue weighted by atomic mass is 9.90. The van der Waals surface area contributed by atoms with Gasteiger partial charge >= 0.3 is 5.97 Å². The zero-order valence-corrected chi connectivity index (χ0v) is 11.6. The first-order chi connectivity index (χ1) is 8.74. The lowest BCUT2D eigenvalue weighted by Crippen LogP contribution is -2.32. The van der Waals surface area contributed by atoms with Crippen molar-refractivity contribution in [3.05, 3.63) is 18.3 Å². The highest BCUT2D eigenvalue weighted by atomic mass is 32.2. The quantitative estimate of drug-likeness (QED) is 0.882. The summed E-state index contributed by atoms with van der Waals surface area (Å²) in [6.45, 7) is 2.42. The topological polar surface area (TPSA) is 87.6 Å². The maximum Gasteiger partial charge on any atom is 0.311 e. The maximum atomic E-state index is 11.7. The Labute approximate surface area is 112 Å². The van der Waals surface area contributed by atoms with Gasteiger partial charge in [0.1, 0.15) is 10.7 Å². The van der Waals surface area contributed by atoms with Crippen LogP contribution in [0.15, 0.2) is 23.2 Å². The summed E-state index contributed by atoms with van der Waals surface area (Å²) in [5.41, 5.74) is -0.855. The van der Waals surface area contributed by atoms with E-state index >= 15 is 0 Å². The summed E-state index contributed by atoms with van der Waals surface area (Å²) >= 11 is 0. The molecule has 0 radical (unpaired) electrons. The summed E-state index contributed by atoms with van der Waals surface area (Å²) in [5.74, 6) is -0.526. The van der Waals surface area contributed by atoms with Gasteiger partial charge in [0.25, 0.3) is 0 Å². The van der Waals surface area contributed by atoms with Crippen LogP contribution in [0.3, 0.4) is 0 Å². The third-order valence-electron chi connectivity index (χ3n) is 3.44. The molecule has 19 heavy (non-hydrogen) atoms. The van der Waals surface area contributed by atoms with E-state index in [-0.39, 0.29) is 11.4 Å². The summed E-state index contributed by atoms with van der Waals surface area (Å²) < 4.78 is 23.4. The van der Waals surface area contributed by atoms with Gasteiger partial charge in [-0.15, -0.1) is 0 Å². The van der Waals surface area contributed by atoms with Crippen molar-refractivity contribution in [1.29, 1.82) is 0 Å². The molecule has 0 saturated carbocycles. The number of aromatic nitrogens is 1. The van der Waals surface area contributed by atoms with Crippen molar-refractivity contribution in [3.63, 3.8) is 0 Å². The molecule has 0 aromatic carbocycles. The number of anilines is 1. The number of hydrogen-bond acceptors (Lipinski definition) is 5. The number of carboxylic acid groups (broad SMARTS) is 1. The Morgan fingerprint density at radius 1 is 1.53 bits per heavy atom. The molecule has 0 spiro atoms. The van der Waals surface area contributed by atoms with Crippen LogP contribution < -0.4 is 4.90 Å². The van der Waals surface area contributed by atoms with Crippen LogP contribution in [0.4, 0.5) is 5.82 Å². The van der Waals surface area contributed by atoms with Gasteiger partial charge in [-0.25, -0.2) is 13.4 Å². The van der Waals surface area contributed by atoms with E-state index in [0.29, 0.717) is 18.8 Å². The van der Waals surface area contributed by atoms with Crippen LogP contribution in [0, 0.1) is 5.41 Å². The smallest absolute Gasteiger partial charge is 0.311 e. The number of pyridine rings is 1. The predicted molar refractivity (Wildman–Crippen MR) is 69.9 cm³/mol. The van der Waals surface area contributed by atoms with E-state index in [1.807, 2.05) is 0 Å². The zero-order chi connectivity index (χ0) is 14.3. The lowest BCUT2D eigenvalue weighted by molar-refractivity contribution is -0.146. The van der Waals surface area contributed by atoms with Gasteiger partial charge in [0, 0.05) is 25.5 Å². The molecule has 1 aromatic rings. The summed E-state index contributed by atoms with van der Waals surface area (Å²) in [6, 6.07) is 3.06. The average molecular weight is 284 g/mol. The molecule has 1 saturated heterocycles. The van der Waals surface area contributed by atoms with Gasteiger partial charge < -0.3 is 10.0 Å². The molecule has 2 heterocycles. The van der Waals surface area contributed by atoms with E-state index in [9.17, 15) is 18.3 Å². The van der Waals surface area contributed by atoms with Crippen LogP contribution >= 0.6 is 0 Å². The van der Waals surface area contributed by atoms with Gasteiger partial charge in [-0.2, -0.15) is 0 Å². The Morgan fingerprint density at radius 3 is 2.74 bits per heavy atom. The van der Waals surface area contributed by atoms with Crippen molar-refractivity contribution in [2.75, 3.05) is 24.2 Å².